The number of imidazole rings is 1. The van der Waals surface area contributed by atoms with Gasteiger partial charge in [-0.05, 0) is 12.3 Å². The quantitative estimate of drug-likeness (QED) is 0.700. The fourth-order valence-electron chi connectivity index (χ4n) is 1.33. The summed E-state index contributed by atoms with van der Waals surface area (Å²) in [5.74, 6) is -1.12. The SMILES string of the molecule is Cn1cncc1CC(CO)CC(=O)O. The van der Waals surface area contributed by atoms with Crippen molar-refractivity contribution in [2.24, 2.45) is 13.0 Å². The largest absolute Gasteiger partial charge is 0.481 e. The van der Waals surface area contributed by atoms with Crippen LogP contribution in [0.5, 0.6) is 0 Å². The number of carboxylic acids is 1. The molecule has 1 unspecified atom stereocenters. The lowest BCUT2D eigenvalue weighted by Gasteiger charge is -2.11. The van der Waals surface area contributed by atoms with Gasteiger partial charge in [-0.25, -0.2) is 4.98 Å². The molecule has 0 amide bonds. The average molecular weight is 198 g/mol. The van der Waals surface area contributed by atoms with E-state index in [2.05, 4.69) is 4.98 Å². The number of carboxylic acid groups (broad SMARTS) is 1. The van der Waals surface area contributed by atoms with E-state index in [4.69, 9.17) is 10.2 Å². The number of aliphatic hydroxyl groups is 1. The summed E-state index contributed by atoms with van der Waals surface area (Å²) >= 11 is 0. The molecule has 2 N–H and O–H groups in total. The van der Waals surface area contributed by atoms with Crippen LogP contribution < -0.4 is 0 Å². The fraction of sp³-hybridized carbons (Fsp3) is 0.556. The number of aliphatic carboxylic acids is 1. The third-order valence-electron chi connectivity index (χ3n) is 2.14. The molecule has 0 spiro atoms. The smallest absolute Gasteiger partial charge is 0.303 e. The van der Waals surface area contributed by atoms with Gasteiger partial charge in [0.15, 0.2) is 0 Å². The fourth-order valence-corrected chi connectivity index (χ4v) is 1.33. The van der Waals surface area contributed by atoms with Crippen LogP contribution in [0.25, 0.3) is 0 Å². The Hall–Kier alpha value is -1.36. The van der Waals surface area contributed by atoms with Crippen LogP contribution in [-0.4, -0.2) is 32.3 Å². The van der Waals surface area contributed by atoms with Gasteiger partial charge >= 0.3 is 5.97 Å². The molecular weight excluding hydrogens is 184 g/mol. The van der Waals surface area contributed by atoms with E-state index in [-0.39, 0.29) is 18.9 Å². The molecule has 14 heavy (non-hydrogen) atoms. The van der Waals surface area contributed by atoms with Crippen LogP contribution in [0.3, 0.4) is 0 Å². The van der Waals surface area contributed by atoms with Crippen molar-refractivity contribution in [3.8, 4) is 0 Å². The molecule has 0 saturated carbocycles. The summed E-state index contributed by atoms with van der Waals surface area (Å²) in [6.07, 6.45) is 3.87. The lowest BCUT2D eigenvalue weighted by atomic mass is 10.0. The number of hydrogen-bond acceptors (Lipinski definition) is 3. The summed E-state index contributed by atoms with van der Waals surface area (Å²) in [4.78, 5) is 14.4. The first kappa shape index (κ1) is 10.7. The number of aryl methyl sites for hydroxylation is 1. The first-order valence-electron chi connectivity index (χ1n) is 4.41. The molecule has 0 bridgehead atoms. The summed E-state index contributed by atoms with van der Waals surface area (Å²) in [6, 6.07) is 0. The van der Waals surface area contributed by atoms with E-state index in [0.717, 1.165) is 5.69 Å². The molecule has 0 aromatic carbocycles. The van der Waals surface area contributed by atoms with Crippen molar-refractivity contribution in [3.05, 3.63) is 18.2 Å². The minimum atomic E-state index is -0.883. The molecule has 5 heteroatoms. The monoisotopic (exact) mass is 198 g/mol. The van der Waals surface area contributed by atoms with Gasteiger partial charge in [-0.15, -0.1) is 0 Å². The maximum absolute atomic E-state index is 10.4. The topological polar surface area (TPSA) is 75.3 Å². The molecule has 0 aliphatic carbocycles. The van der Waals surface area contributed by atoms with Crippen LogP contribution in [0.1, 0.15) is 12.1 Å². The second-order valence-corrected chi connectivity index (χ2v) is 3.35. The highest BCUT2D eigenvalue weighted by molar-refractivity contribution is 5.67. The number of carbonyl (C=O) groups is 1. The number of nitrogens with zero attached hydrogens (tertiary/aromatic N) is 2. The van der Waals surface area contributed by atoms with Gasteiger partial charge in [-0.2, -0.15) is 0 Å². The third kappa shape index (κ3) is 2.85. The molecule has 78 valence electrons. The Morgan fingerprint density at radius 2 is 2.43 bits per heavy atom. The molecule has 1 rings (SSSR count). The Morgan fingerprint density at radius 1 is 1.71 bits per heavy atom. The minimum absolute atomic E-state index is 0.0122. The van der Waals surface area contributed by atoms with Gasteiger partial charge in [-0.3, -0.25) is 4.79 Å². The van der Waals surface area contributed by atoms with Crippen LogP contribution in [0.4, 0.5) is 0 Å². The molecule has 1 aromatic heterocycles. The second kappa shape index (κ2) is 4.76. The van der Waals surface area contributed by atoms with E-state index < -0.39 is 5.97 Å². The Balaban J connectivity index is 2.57. The van der Waals surface area contributed by atoms with Crippen molar-refractivity contribution in [1.82, 2.24) is 9.55 Å². The Labute approximate surface area is 82.0 Å². The van der Waals surface area contributed by atoms with Crippen molar-refractivity contribution in [3.63, 3.8) is 0 Å². The van der Waals surface area contributed by atoms with Crippen LogP contribution in [0.15, 0.2) is 12.5 Å². The molecule has 0 radical (unpaired) electrons. The third-order valence-corrected chi connectivity index (χ3v) is 2.14. The molecule has 1 atom stereocenters. The van der Waals surface area contributed by atoms with Crippen LogP contribution in [0, 0.1) is 5.92 Å². The first-order chi connectivity index (χ1) is 6.63. The predicted octanol–water partition coefficient (Wildman–Crippen LogP) is 0.0458. The van der Waals surface area contributed by atoms with E-state index in [1.165, 1.54) is 0 Å². The number of aromatic nitrogens is 2. The van der Waals surface area contributed by atoms with Crippen molar-refractivity contribution in [2.45, 2.75) is 12.8 Å². The summed E-state index contributed by atoms with van der Waals surface area (Å²) in [5, 5.41) is 17.6. The average Bonchev–Trinajstić information content (AvgIpc) is 2.50. The number of hydrogen-bond donors (Lipinski definition) is 2. The molecule has 0 fully saturated rings. The highest BCUT2D eigenvalue weighted by atomic mass is 16.4. The maximum atomic E-state index is 10.4. The van der Waals surface area contributed by atoms with E-state index in [9.17, 15) is 4.79 Å². The normalized spacial score (nSPS) is 12.7. The zero-order valence-corrected chi connectivity index (χ0v) is 8.05. The number of rotatable bonds is 5. The minimum Gasteiger partial charge on any atom is -0.481 e. The van der Waals surface area contributed by atoms with E-state index in [1.54, 1.807) is 12.5 Å². The Bertz CT molecular complexity index is 309. The highest BCUT2D eigenvalue weighted by Gasteiger charge is 2.14. The van der Waals surface area contributed by atoms with Crippen LogP contribution in [0.2, 0.25) is 0 Å². The lowest BCUT2D eigenvalue weighted by Crippen LogP contribution is -2.16. The van der Waals surface area contributed by atoms with E-state index in [1.807, 2.05) is 11.6 Å². The van der Waals surface area contributed by atoms with E-state index >= 15 is 0 Å². The van der Waals surface area contributed by atoms with Gasteiger partial charge in [0.2, 0.25) is 0 Å². The molecule has 0 aliphatic heterocycles. The molecule has 0 saturated heterocycles. The summed E-state index contributed by atoms with van der Waals surface area (Å²) < 4.78 is 1.82. The van der Waals surface area contributed by atoms with Gasteiger partial charge in [-0.1, -0.05) is 0 Å². The van der Waals surface area contributed by atoms with Crippen molar-refractivity contribution >= 4 is 5.97 Å². The van der Waals surface area contributed by atoms with Crippen LogP contribution in [-0.2, 0) is 18.3 Å². The molecule has 1 aromatic rings. The molecule has 5 nitrogen and oxygen atoms in total. The summed E-state index contributed by atoms with van der Waals surface area (Å²) in [5.41, 5.74) is 0.935. The highest BCUT2D eigenvalue weighted by Crippen LogP contribution is 2.10. The standard InChI is InChI=1S/C9H14N2O3/c1-11-6-10-4-8(11)2-7(5-12)3-9(13)14/h4,6-7,12H,2-3,5H2,1H3,(H,13,14). The van der Waals surface area contributed by atoms with Gasteiger partial charge in [0.1, 0.15) is 0 Å². The van der Waals surface area contributed by atoms with Crippen LogP contribution >= 0.6 is 0 Å². The van der Waals surface area contributed by atoms with Crippen molar-refractivity contribution in [1.29, 1.82) is 0 Å². The van der Waals surface area contributed by atoms with Crippen molar-refractivity contribution < 1.29 is 15.0 Å². The first-order valence-corrected chi connectivity index (χ1v) is 4.41. The Morgan fingerprint density at radius 3 is 2.86 bits per heavy atom. The van der Waals surface area contributed by atoms with Gasteiger partial charge in [0, 0.05) is 25.5 Å². The molecule has 0 aliphatic rings. The maximum Gasteiger partial charge on any atom is 0.303 e. The molecular formula is C9H14N2O3. The van der Waals surface area contributed by atoms with Gasteiger partial charge in [0.05, 0.1) is 12.7 Å². The van der Waals surface area contributed by atoms with Crippen molar-refractivity contribution in [2.75, 3.05) is 6.61 Å². The van der Waals surface area contributed by atoms with E-state index in [0.29, 0.717) is 6.42 Å². The zero-order chi connectivity index (χ0) is 10.6. The zero-order valence-electron chi connectivity index (χ0n) is 8.05. The van der Waals surface area contributed by atoms with Gasteiger partial charge < -0.3 is 14.8 Å². The Kier molecular flexibility index (Phi) is 3.64. The predicted molar refractivity (Wildman–Crippen MR) is 49.7 cm³/mol. The lowest BCUT2D eigenvalue weighted by molar-refractivity contribution is -0.138. The summed E-state index contributed by atoms with van der Waals surface area (Å²) in [7, 11) is 1.84. The van der Waals surface area contributed by atoms with Gasteiger partial charge in [0.25, 0.3) is 0 Å². The molecule has 1 heterocycles. The summed E-state index contributed by atoms with van der Waals surface area (Å²) in [6.45, 7) is -0.114. The second-order valence-electron chi connectivity index (χ2n) is 3.35. The number of aliphatic hydroxyl groups excluding tert-OH is 1.